The first-order valence-corrected chi connectivity index (χ1v) is 6.37. The van der Waals surface area contributed by atoms with Gasteiger partial charge < -0.3 is 10.5 Å². The van der Waals surface area contributed by atoms with Crippen LogP contribution in [-0.2, 0) is 0 Å². The number of hydrogen-bond donors (Lipinski definition) is 1. The van der Waals surface area contributed by atoms with Gasteiger partial charge in [0.05, 0.1) is 12.3 Å². The van der Waals surface area contributed by atoms with E-state index in [-0.39, 0.29) is 0 Å². The smallest absolute Gasteiger partial charge is 0.238 e. The molecule has 6 heteroatoms. The Hall–Kier alpha value is -1.82. The third-order valence-corrected chi connectivity index (χ3v) is 2.93. The molecule has 0 aliphatic heterocycles. The zero-order valence-corrected chi connectivity index (χ0v) is 11.1. The van der Waals surface area contributed by atoms with Gasteiger partial charge in [-0.3, -0.25) is 0 Å². The van der Waals surface area contributed by atoms with Gasteiger partial charge in [0.2, 0.25) is 5.88 Å². The first-order valence-electron chi connectivity index (χ1n) is 5.56. The van der Waals surface area contributed by atoms with Crippen molar-refractivity contribution >= 4 is 17.4 Å². The van der Waals surface area contributed by atoms with E-state index in [4.69, 9.17) is 10.5 Å². The summed E-state index contributed by atoms with van der Waals surface area (Å²) >= 11 is 1.38. The van der Waals surface area contributed by atoms with Crippen LogP contribution >= 0.6 is 11.8 Å². The molecule has 0 unspecified atom stereocenters. The average Bonchev–Trinajstić information content (AvgIpc) is 2.34. The molecule has 0 saturated carbocycles. The molecule has 0 atom stereocenters. The molecule has 0 aliphatic carbocycles. The Bertz CT molecular complexity index is 547. The summed E-state index contributed by atoms with van der Waals surface area (Å²) in [5, 5.41) is 1.42. The summed E-state index contributed by atoms with van der Waals surface area (Å²) in [5.74, 6) is 0.454. The number of rotatable bonds is 4. The van der Waals surface area contributed by atoms with Gasteiger partial charge in [-0.1, -0.05) is 0 Å². The van der Waals surface area contributed by atoms with E-state index in [1.165, 1.54) is 11.8 Å². The fourth-order valence-electron chi connectivity index (χ4n) is 1.31. The summed E-state index contributed by atoms with van der Waals surface area (Å²) in [6, 6.07) is 5.45. The van der Waals surface area contributed by atoms with E-state index in [0.29, 0.717) is 23.3 Å². The molecule has 0 fully saturated rings. The molecule has 0 spiro atoms. The van der Waals surface area contributed by atoms with E-state index < -0.39 is 0 Å². The highest BCUT2D eigenvalue weighted by Crippen LogP contribution is 2.27. The molecule has 2 rings (SSSR count). The Morgan fingerprint density at radius 3 is 2.83 bits per heavy atom. The Balaban J connectivity index is 2.21. The SMILES string of the molecule is CCOc1nc(Sc2nccc(C)n2)ccc1N. The van der Waals surface area contributed by atoms with Crippen LogP contribution in [0.5, 0.6) is 5.88 Å². The Morgan fingerprint density at radius 2 is 2.11 bits per heavy atom. The Kier molecular flexibility index (Phi) is 3.99. The van der Waals surface area contributed by atoms with Gasteiger partial charge in [-0.05, 0) is 43.8 Å². The van der Waals surface area contributed by atoms with Crippen molar-refractivity contribution in [2.75, 3.05) is 12.3 Å². The largest absolute Gasteiger partial charge is 0.476 e. The third kappa shape index (κ3) is 3.10. The van der Waals surface area contributed by atoms with Gasteiger partial charge in [0.1, 0.15) is 5.03 Å². The Labute approximate surface area is 110 Å². The number of aryl methyl sites for hydroxylation is 1. The maximum atomic E-state index is 5.77. The molecule has 5 nitrogen and oxygen atoms in total. The third-order valence-electron chi connectivity index (χ3n) is 2.11. The number of nitrogen functional groups attached to an aromatic ring is 1. The fourth-order valence-corrected chi connectivity index (χ4v) is 2.07. The molecule has 2 aromatic heterocycles. The van der Waals surface area contributed by atoms with Gasteiger partial charge in [-0.2, -0.15) is 0 Å². The average molecular weight is 262 g/mol. The van der Waals surface area contributed by atoms with Crippen molar-refractivity contribution in [1.82, 2.24) is 15.0 Å². The van der Waals surface area contributed by atoms with Crippen molar-refractivity contribution in [2.24, 2.45) is 0 Å². The van der Waals surface area contributed by atoms with Crippen LogP contribution in [-0.4, -0.2) is 21.6 Å². The standard InChI is InChI=1S/C12H14N4OS/c1-3-17-11-9(13)4-5-10(16-11)18-12-14-7-6-8(2)15-12/h4-7H,3,13H2,1-2H3. The maximum absolute atomic E-state index is 5.77. The summed E-state index contributed by atoms with van der Waals surface area (Å²) < 4.78 is 5.35. The monoisotopic (exact) mass is 262 g/mol. The molecule has 0 amide bonds. The molecule has 0 aromatic carbocycles. The van der Waals surface area contributed by atoms with E-state index >= 15 is 0 Å². The van der Waals surface area contributed by atoms with Crippen molar-refractivity contribution < 1.29 is 4.74 Å². The second kappa shape index (κ2) is 5.68. The highest BCUT2D eigenvalue weighted by Gasteiger charge is 2.07. The van der Waals surface area contributed by atoms with Gasteiger partial charge >= 0.3 is 0 Å². The lowest BCUT2D eigenvalue weighted by Crippen LogP contribution is -2.00. The minimum atomic E-state index is 0.454. The molecular formula is C12H14N4OS. The minimum absolute atomic E-state index is 0.454. The van der Waals surface area contributed by atoms with Crippen LogP contribution in [0.2, 0.25) is 0 Å². The number of pyridine rings is 1. The maximum Gasteiger partial charge on any atom is 0.238 e. The van der Waals surface area contributed by atoms with Gasteiger partial charge in [-0.15, -0.1) is 0 Å². The predicted molar refractivity (Wildman–Crippen MR) is 70.7 cm³/mol. The zero-order valence-electron chi connectivity index (χ0n) is 10.3. The normalized spacial score (nSPS) is 10.3. The molecule has 0 radical (unpaired) electrons. The molecule has 0 saturated heterocycles. The second-order valence-electron chi connectivity index (χ2n) is 3.56. The zero-order chi connectivity index (χ0) is 13.0. The van der Waals surface area contributed by atoms with Crippen LogP contribution in [0.15, 0.2) is 34.6 Å². The number of ether oxygens (including phenoxy) is 1. The number of aromatic nitrogens is 3. The van der Waals surface area contributed by atoms with Crippen molar-refractivity contribution in [3.05, 3.63) is 30.1 Å². The summed E-state index contributed by atoms with van der Waals surface area (Å²) in [5.41, 5.74) is 7.22. The van der Waals surface area contributed by atoms with Crippen LogP contribution < -0.4 is 10.5 Å². The molecule has 2 heterocycles. The lowest BCUT2D eigenvalue weighted by Gasteiger charge is -2.07. The van der Waals surface area contributed by atoms with Gasteiger partial charge in [0.15, 0.2) is 5.16 Å². The second-order valence-corrected chi connectivity index (χ2v) is 4.55. The van der Waals surface area contributed by atoms with Gasteiger partial charge in [-0.25, -0.2) is 15.0 Å². The molecule has 0 aliphatic rings. The van der Waals surface area contributed by atoms with E-state index in [1.54, 1.807) is 12.3 Å². The topological polar surface area (TPSA) is 73.9 Å². The lowest BCUT2D eigenvalue weighted by molar-refractivity contribution is 0.326. The van der Waals surface area contributed by atoms with Crippen LogP contribution in [0.25, 0.3) is 0 Å². The summed E-state index contributed by atoms with van der Waals surface area (Å²) in [6.07, 6.45) is 1.73. The number of nitrogens with two attached hydrogens (primary N) is 1. The Morgan fingerprint density at radius 1 is 1.28 bits per heavy atom. The summed E-state index contributed by atoms with van der Waals surface area (Å²) in [6.45, 7) is 4.35. The summed E-state index contributed by atoms with van der Waals surface area (Å²) in [7, 11) is 0. The van der Waals surface area contributed by atoms with E-state index in [1.807, 2.05) is 26.0 Å². The van der Waals surface area contributed by atoms with Gasteiger partial charge in [0, 0.05) is 11.9 Å². The highest BCUT2D eigenvalue weighted by molar-refractivity contribution is 7.99. The van der Waals surface area contributed by atoms with Crippen LogP contribution in [0, 0.1) is 6.92 Å². The molecule has 2 aromatic rings. The number of anilines is 1. The van der Waals surface area contributed by atoms with Crippen molar-refractivity contribution in [3.63, 3.8) is 0 Å². The number of hydrogen-bond acceptors (Lipinski definition) is 6. The van der Waals surface area contributed by atoms with Crippen molar-refractivity contribution in [2.45, 2.75) is 24.0 Å². The van der Waals surface area contributed by atoms with Crippen molar-refractivity contribution in [3.8, 4) is 5.88 Å². The molecule has 2 N–H and O–H groups in total. The molecule has 0 bridgehead atoms. The van der Waals surface area contributed by atoms with Crippen molar-refractivity contribution in [1.29, 1.82) is 0 Å². The first kappa shape index (κ1) is 12.6. The van der Waals surface area contributed by atoms with Crippen LogP contribution in [0.3, 0.4) is 0 Å². The minimum Gasteiger partial charge on any atom is -0.476 e. The lowest BCUT2D eigenvalue weighted by atomic mass is 10.4. The molecule has 18 heavy (non-hydrogen) atoms. The molecule has 94 valence electrons. The molecular weight excluding hydrogens is 248 g/mol. The van der Waals surface area contributed by atoms with Crippen LogP contribution in [0.4, 0.5) is 5.69 Å². The van der Waals surface area contributed by atoms with E-state index in [0.717, 1.165) is 10.7 Å². The predicted octanol–water partition coefficient (Wildman–Crippen LogP) is 2.31. The fraction of sp³-hybridized carbons (Fsp3) is 0.250. The highest BCUT2D eigenvalue weighted by atomic mass is 32.2. The quantitative estimate of drug-likeness (QED) is 0.852. The van der Waals surface area contributed by atoms with E-state index in [9.17, 15) is 0 Å². The van der Waals surface area contributed by atoms with Crippen LogP contribution in [0.1, 0.15) is 12.6 Å². The first-order chi connectivity index (χ1) is 8.69. The number of nitrogens with zero attached hydrogens (tertiary/aromatic N) is 3. The summed E-state index contributed by atoms with van der Waals surface area (Å²) in [4.78, 5) is 12.8. The van der Waals surface area contributed by atoms with E-state index in [2.05, 4.69) is 15.0 Å². The van der Waals surface area contributed by atoms with Gasteiger partial charge in [0.25, 0.3) is 0 Å².